The molecule has 2 atom stereocenters. The Kier molecular flexibility index (Phi) is 5.49. The van der Waals surface area contributed by atoms with Crippen molar-refractivity contribution in [3.05, 3.63) is 16.8 Å². The van der Waals surface area contributed by atoms with Crippen LogP contribution in [0.4, 0.5) is 10.6 Å². The topological polar surface area (TPSA) is 64.1 Å². The van der Waals surface area contributed by atoms with E-state index in [0.717, 1.165) is 44.8 Å². The first-order chi connectivity index (χ1) is 17.4. The molecule has 8 heteroatoms. The van der Waals surface area contributed by atoms with E-state index in [9.17, 15) is 4.79 Å². The van der Waals surface area contributed by atoms with Gasteiger partial charge < -0.3 is 23.8 Å². The van der Waals surface area contributed by atoms with Crippen LogP contribution >= 0.6 is 0 Å². The summed E-state index contributed by atoms with van der Waals surface area (Å²) in [5, 5.41) is 0. The van der Waals surface area contributed by atoms with Gasteiger partial charge >= 0.3 is 13.2 Å². The maximum Gasteiger partial charge on any atom is 0.495 e. The Labute approximate surface area is 229 Å². The molecule has 1 aromatic heterocycles. The summed E-state index contributed by atoms with van der Waals surface area (Å²) in [7, 11) is -0.376. The Morgan fingerprint density at radius 3 is 2.26 bits per heavy atom. The Morgan fingerprint density at radius 2 is 1.68 bits per heavy atom. The maximum absolute atomic E-state index is 12.6. The maximum atomic E-state index is 12.6. The van der Waals surface area contributed by atoms with Crippen LogP contribution in [0.25, 0.3) is 0 Å². The second kappa shape index (κ2) is 7.90. The van der Waals surface area contributed by atoms with Crippen LogP contribution < -0.4 is 10.4 Å². The molecule has 7 nitrogen and oxygen atoms in total. The smallest absolute Gasteiger partial charge is 0.444 e. The Hall–Kier alpha value is -1.80. The van der Waals surface area contributed by atoms with E-state index in [1.807, 2.05) is 25.7 Å². The second-order valence-corrected chi connectivity index (χ2v) is 15.4. The molecule has 3 aliphatic carbocycles. The van der Waals surface area contributed by atoms with Gasteiger partial charge in [-0.15, -0.1) is 0 Å². The molecule has 208 valence electrons. The number of nitrogens with zero attached hydrogens (tertiary/aromatic N) is 3. The zero-order valence-corrected chi connectivity index (χ0v) is 25.2. The molecular weight excluding hydrogens is 477 g/mol. The molecule has 3 aliphatic heterocycles. The van der Waals surface area contributed by atoms with Crippen LogP contribution in [0.5, 0.6) is 0 Å². The molecule has 0 aromatic carbocycles. The van der Waals surface area contributed by atoms with Crippen molar-refractivity contribution in [2.75, 3.05) is 31.1 Å². The molecule has 2 bridgehead atoms. The van der Waals surface area contributed by atoms with Gasteiger partial charge in [0.15, 0.2) is 0 Å². The first-order valence-corrected chi connectivity index (χ1v) is 14.5. The summed E-state index contributed by atoms with van der Waals surface area (Å²) >= 11 is 0. The average molecular weight is 524 g/mol. The number of anilines is 1. The fourth-order valence-electron chi connectivity index (χ4n) is 7.51. The highest BCUT2D eigenvalue weighted by molar-refractivity contribution is 6.63. The molecule has 6 aliphatic rings. The van der Waals surface area contributed by atoms with Gasteiger partial charge in [-0.1, -0.05) is 13.8 Å². The number of ether oxygens (including phenoxy) is 1. The first-order valence-electron chi connectivity index (χ1n) is 14.5. The number of likely N-dealkylation sites (tertiary alicyclic amines) is 1. The lowest BCUT2D eigenvalue weighted by molar-refractivity contribution is -0.0266. The quantitative estimate of drug-likeness (QED) is 0.518. The minimum Gasteiger partial charge on any atom is -0.444 e. The lowest BCUT2D eigenvalue weighted by Crippen LogP contribution is -2.60. The lowest BCUT2D eigenvalue weighted by Gasteiger charge is -2.57. The molecule has 1 amide bonds. The highest BCUT2D eigenvalue weighted by Gasteiger charge is 2.58. The molecule has 4 fully saturated rings. The van der Waals surface area contributed by atoms with Crippen LogP contribution in [0.3, 0.4) is 0 Å². The van der Waals surface area contributed by atoms with Gasteiger partial charge in [-0.25, -0.2) is 9.78 Å². The minimum atomic E-state index is -0.468. The summed E-state index contributed by atoms with van der Waals surface area (Å²) in [6.07, 6.45) is 3.15. The lowest BCUT2D eigenvalue weighted by atomic mass is 9.47. The van der Waals surface area contributed by atoms with E-state index in [4.69, 9.17) is 19.0 Å². The van der Waals surface area contributed by atoms with Crippen molar-refractivity contribution in [2.24, 2.45) is 16.7 Å². The van der Waals surface area contributed by atoms with Crippen molar-refractivity contribution in [3.8, 4) is 0 Å². The normalized spacial score (nSPS) is 29.7. The van der Waals surface area contributed by atoms with Crippen molar-refractivity contribution in [2.45, 2.75) is 111 Å². The Balaban J connectivity index is 1.31. The third-order valence-corrected chi connectivity index (χ3v) is 10.8. The van der Waals surface area contributed by atoms with E-state index in [1.165, 1.54) is 28.7 Å². The van der Waals surface area contributed by atoms with Crippen molar-refractivity contribution >= 4 is 24.5 Å². The van der Waals surface area contributed by atoms with Crippen LogP contribution in [0.15, 0.2) is 0 Å². The zero-order valence-electron chi connectivity index (χ0n) is 25.2. The van der Waals surface area contributed by atoms with Gasteiger partial charge in [-0.3, -0.25) is 0 Å². The standard InChI is InChI=1S/C30H46BN3O4/c1-18-22(31-37-28(7,8)29(9,10)38-31)20-13-19-14-21(27(19,5)6)23(20)32-24(18)33-12-11-30(15-33)16-34(17-30)25(35)36-26(2,3)4/h19,21H,11-17H2,1-10H3/t19-,21-/m0/s1. The first kappa shape index (κ1) is 26.4. The van der Waals surface area contributed by atoms with Crippen LogP contribution in [0, 0.1) is 23.7 Å². The number of rotatable bonds is 2. The summed E-state index contributed by atoms with van der Waals surface area (Å²) in [4.78, 5) is 22.4. The summed E-state index contributed by atoms with van der Waals surface area (Å²) in [6.45, 7) is 24.7. The van der Waals surface area contributed by atoms with Gasteiger partial charge in [0.2, 0.25) is 0 Å². The summed E-state index contributed by atoms with van der Waals surface area (Å²) in [5.41, 5.74) is 4.23. The highest BCUT2D eigenvalue weighted by Crippen LogP contribution is 2.62. The number of amides is 1. The fourth-order valence-corrected chi connectivity index (χ4v) is 7.51. The van der Waals surface area contributed by atoms with Crippen molar-refractivity contribution < 1.29 is 18.8 Å². The van der Waals surface area contributed by atoms with E-state index in [2.05, 4.69) is 53.4 Å². The molecule has 0 unspecified atom stereocenters. The van der Waals surface area contributed by atoms with E-state index in [-0.39, 0.29) is 35.2 Å². The van der Waals surface area contributed by atoms with E-state index in [1.54, 1.807) is 0 Å². The molecule has 0 N–H and O–H groups in total. The molecule has 1 saturated carbocycles. The number of carbonyl (C=O) groups is 1. The number of carbonyl (C=O) groups excluding carboxylic acids is 1. The Bertz CT molecular complexity index is 1160. The molecule has 3 saturated heterocycles. The van der Waals surface area contributed by atoms with Crippen molar-refractivity contribution in [1.29, 1.82) is 0 Å². The van der Waals surface area contributed by atoms with Crippen molar-refractivity contribution in [3.63, 3.8) is 0 Å². The summed E-state index contributed by atoms with van der Waals surface area (Å²) in [5.74, 6) is 2.26. The third kappa shape index (κ3) is 3.83. The number of pyridine rings is 1. The van der Waals surface area contributed by atoms with E-state index < -0.39 is 5.60 Å². The predicted molar refractivity (Wildman–Crippen MR) is 150 cm³/mol. The molecule has 4 heterocycles. The van der Waals surface area contributed by atoms with Crippen LogP contribution in [-0.4, -0.2) is 66.1 Å². The van der Waals surface area contributed by atoms with E-state index >= 15 is 0 Å². The number of aromatic nitrogens is 1. The Morgan fingerprint density at radius 1 is 1.05 bits per heavy atom. The average Bonchev–Trinajstić information content (AvgIpc) is 3.28. The van der Waals surface area contributed by atoms with Crippen LogP contribution in [-0.2, 0) is 20.5 Å². The fraction of sp³-hybridized carbons (Fsp3) is 0.800. The second-order valence-electron chi connectivity index (χ2n) is 15.4. The highest BCUT2D eigenvalue weighted by atomic mass is 16.7. The number of hydrogen-bond donors (Lipinski definition) is 0. The van der Waals surface area contributed by atoms with Crippen LogP contribution in [0.2, 0.25) is 0 Å². The molecule has 7 rings (SSSR count). The van der Waals surface area contributed by atoms with Gasteiger partial charge in [0.25, 0.3) is 0 Å². The molecular formula is C30H46BN3O4. The predicted octanol–water partition coefficient (Wildman–Crippen LogP) is 4.82. The van der Waals surface area contributed by atoms with E-state index in [0.29, 0.717) is 11.8 Å². The van der Waals surface area contributed by atoms with Gasteiger partial charge in [0.1, 0.15) is 11.4 Å². The molecule has 38 heavy (non-hydrogen) atoms. The summed E-state index contributed by atoms with van der Waals surface area (Å²) in [6, 6.07) is 0. The summed E-state index contributed by atoms with van der Waals surface area (Å²) < 4.78 is 18.9. The largest absolute Gasteiger partial charge is 0.495 e. The van der Waals surface area contributed by atoms with Crippen LogP contribution in [0.1, 0.15) is 97.9 Å². The van der Waals surface area contributed by atoms with Crippen molar-refractivity contribution in [1.82, 2.24) is 9.88 Å². The SMILES string of the molecule is Cc1c(N2CCC3(CN(C(=O)OC(C)(C)C)C3)C2)nc2c(c1B1OC(C)(C)C(C)(C)O1)C[C@H]1C[C@@H]2C1(C)C. The number of hydrogen-bond acceptors (Lipinski definition) is 6. The van der Waals surface area contributed by atoms with Gasteiger partial charge in [0.05, 0.1) is 11.2 Å². The van der Waals surface area contributed by atoms with Gasteiger partial charge in [-0.05, 0) is 103 Å². The molecule has 1 spiro atoms. The van der Waals surface area contributed by atoms with Gasteiger partial charge in [0, 0.05) is 43.2 Å². The monoisotopic (exact) mass is 523 g/mol. The molecule has 1 aromatic rings. The third-order valence-electron chi connectivity index (χ3n) is 10.8. The van der Waals surface area contributed by atoms with Gasteiger partial charge in [-0.2, -0.15) is 0 Å². The molecule has 0 radical (unpaired) electrons. The zero-order chi connectivity index (χ0) is 27.6. The minimum absolute atomic E-state index is 0.117.